The zero-order valence-corrected chi connectivity index (χ0v) is 14.2. The Balaban J connectivity index is 2.38. The molecule has 0 aliphatic heterocycles. The van der Waals surface area contributed by atoms with Crippen LogP contribution < -0.4 is 5.32 Å². The average Bonchev–Trinajstić information content (AvgIpc) is 2.63. The van der Waals surface area contributed by atoms with Gasteiger partial charge in [-0.3, -0.25) is 0 Å². The molecule has 0 aliphatic rings. The topological polar surface area (TPSA) is 72.5 Å². The summed E-state index contributed by atoms with van der Waals surface area (Å²) < 4.78 is 42.9. The van der Waals surface area contributed by atoms with Crippen LogP contribution in [-0.2, 0) is 19.4 Å². The van der Waals surface area contributed by atoms with E-state index in [0.717, 1.165) is 12.2 Å². The van der Waals surface area contributed by atoms with Crippen LogP contribution in [0.1, 0.15) is 0 Å². The van der Waals surface area contributed by atoms with Gasteiger partial charge in [0.15, 0.2) is 0 Å². The van der Waals surface area contributed by atoms with Crippen LogP contribution in [-0.4, -0.2) is 21.5 Å². The minimum Gasteiger partial charge on any atom is -0.466 e. The van der Waals surface area contributed by atoms with Crippen molar-refractivity contribution in [3.63, 3.8) is 0 Å². The lowest BCUT2D eigenvalue weighted by molar-refractivity contribution is -0.134. The lowest BCUT2D eigenvalue weighted by Crippen LogP contribution is -2.06. The first-order valence-electron chi connectivity index (χ1n) is 7.22. The van der Waals surface area contributed by atoms with Gasteiger partial charge in [0, 0.05) is 18.0 Å². The van der Waals surface area contributed by atoms with Crippen molar-refractivity contribution >= 4 is 21.5 Å². The Kier molecular flexibility index (Phi) is 6.08. The Labute approximate surface area is 145 Å². The number of hydrogen-bond donors (Lipinski definition) is 1. The molecule has 0 unspecified atom stereocenters. The van der Waals surface area contributed by atoms with Gasteiger partial charge in [-0.15, -0.1) is 0 Å². The molecule has 0 amide bonds. The molecule has 0 aromatic heterocycles. The monoisotopic (exact) mass is 361 g/mol. The average molecular weight is 361 g/mol. The van der Waals surface area contributed by atoms with E-state index in [-0.39, 0.29) is 9.80 Å². The third-order valence-electron chi connectivity index (χ3n) is 3.17. The minimum absolute atomic E-state index is 0.0803. The third kappa shape index (κ3) is 5.02. The van der Waals surface area contributed by atoms with Gasteiger partial charge >= 0.3 is 5.97 Å². The summed E-state index contributed by atoms with van der Waals surface area (Å²) in [7, 11) is -2.66. The highest BCUT2D eigenvalue weighted by molar-refractivity contribution is 7.95. The van der Waals surface area contributed by atoms with E-state index in [1.165, 1.54) is 49.7 Å². The number of sulfone groups is 1. The van der Waals surface area contributed by atoms with Crippen molar-refractivity contribution in [3.8, 4) is 0 Å². The number of benzene rings is 2. The van der Waals surface area contributed by atoms with Crippen LogP contribution in [0.5, 0.6) is 0 Å². The smallest absolute Gasteiger partial charge is 0.330 e. The van der Waals surface area contributed by atoms with Gasteiger partial charge in [-0.1, -0.05) is 18.2 Å². The molecular weight excluding hydrogens is 345 g/mol. The van der Waals surface area contributed by atoms with Crippen molar-refractivity contribution in [2.75, 3.05) is 12.4 Å². The second-order valence-corrected chi connectivity index (χ2v) is 6.82. The van der Waals surface area contributed by atoms with Gasteiger partial charge in [-0.2, -0.15) is 0 Å². The van der Waals surface area contributed by atoms with Gasteiger partial charge in [0.05, 0.1) is 16.9 Å². The number of carbonyl (C=O) groups excluding carboxylic acids is 1. The summed E-state index contributed by atoms with van der Waals surface area (Å²) >= 11 is 0. The second kappa shape index (κ2) is 8.25. The molecule has 130 valence electrons. The van der Waals surface area contributed by atoms with Crippen molar-refractivity contribution in [2.24, 2.45) is 0 Å². The first-order chi connectivity index (χ1) is 11.9. The summed E-state index contributed by atoms with van der Waals surface area (Å²) in [5.74, 6) is -1.09. The number of hydrogen-bond acceptors (Lipinski definition) is 5. The Hall–Kier alpha value is -2.93. The molecule has 0 atom stereocenters. The number of carbonyl (C=O) groups is 1. The largest absolute Gasteiger partial charge is 0.466 e. The fourth-order valence-corrected chi connectivity index (χ4v) is 3.12. The number of ether oxygens (including phenoxy) is 1. The van der Waals surface area contributed by atoms with Gasteiger partial charge in [-0.05, 0) is 42.5 Å². The molecule has 0 bridgehead atoms. The molecular formula is C18H16FNO4S. The van der Waals surface area contributed by atoms with Crippen LogP contribution in [0.4, 0.5) is 10.1 Å². The van der Waals surface area contributed by atoms with Crippen LogP contribution in [0.3, 0.4) is 0 Å². The fourth-order valence-electron chi connectivity index (χ4n) is 1.87. The summed E-state index contributed by atoms with van der Waals surface area (Å²) in [6.45, 7) is 0. The molecule has 0 aliphatic carbocycles. The van der Waals surface area contributed by atoms with Crippen molar-refractivity contribution in [3.05, 3.63) is 83.7 Å². The van der Waals surface area contributed by atoms with Crippen LogP contribution in [0, 0.1) is 5.82 Å². The molecule has 5 nitrogen and oxygen atoms in total. The predicted octanol–water partition coefficient (Wildman–Crippen LogP) is 3.28. The lowest BCUT2D eigenvalue weighted by Gasteiger charge is -2.07. The number of esters is 1. The minimum atomic E-state index is -3.85. The van der Waals surface area contributed by atoms with Crippen molar-refractivity contribution < 1.29 is 22.3 Å². The Morgan fingerprint density at radius 1 is 1.04 bits per heavy atom. The summed E-state index contributed by atoms with van der Waals surface area (Å²) in [5, 5.41) is 2.78. The SMILES string of the molecule is COC(=O)C=CC(=CNc1ccc(F)cc1)S(=O)(=O)c1ccccc1. The second-order valence-electron chi connectivity index (χ2n) is 4.87. The third-order valence-corrected chi connectivity index (χ3v) is 4.94. The van der Waals surface area contributed by atoms with Gasteiger partial charge in [-0.25, -0.2) is 17.6 Å². The van der Waals surface area contributed by atoms with Gasteiger partial charge in [0.2, 0.25) is 9.84 Å². The van der Waals surface area contributed by atoms with E-state index >= 15 is 0 Å². The van der Waals surface area contributed by atoms with Gasteiger partial charge in [0.25, 0.3) is 0 Å². The van der Waals surface area contributed by atoms with Crippen molar-refractivity contribution in [1.82, 2.24) is 0 Å². The van der Waals surface area contributed by atoms with E-state index in [1.807, 2.05) is 0 Å². The van der Waals surface area contributed by atoms with E-state index in [2.05, 4.69) is 10.1 Å². The van der Waals surface area contributed by atoms with E-state index in [0.29, 0.717) is 5.69 Å². The molecule has 0 fully saturated rings. The molecule has 0 heterocycles. The number of rotatable bonds is 6. The maximum Gasteiger partial charge on any atom is 0.330 e. The Bertz CT molecular complexity index is 888. The Morgan fingerprint density at radius 2 is 1.68 bits per heavy atom. The zero-order chi connectivity index (χ0) is 18.3. The number of methoxy groups -OCH3 is 1. The number of nitrogens with one attached hydrogen (secondary N) is 1. The molecule has 7 heteroatoms. The van der Waals surface area contributed by atoms with Gasteiger partial charge < -0.3 is 10.1 Å². The molecule has 0 saturated carbocycles. The Morgan fingerprint density at radius 3 is 2.28 bits per heavy atom. The molecule has 25 heavy (non-hydrogen) atoms. The highest BCUT2D eigenvalue weighted by atomic mass is 32.2. The molecule has 0 spiro atoms. The van der Waals surface area contributed by atoms with Gasteiger partial charge in [0.1, 0.15) is 5.82 Å². The summed E-state index contributed by atoms with van der Waals surface area (Å²) in [6.07, 6.45) is 3.39. The van der Waals surface area contributed by atoms with Crippen LogP contribution in [0.25, 0.3) is 0 Å². The highest BCUT2D eigenvalue weighted by Crippen LogP contribution is 2.20. The maximum absolute atomic E-state index is 12.9. The van der Waals surface area contributed by atoms with Crippen molar-refractivity contribution in [1.29, 1.82) is 0 Å². The highest BCUT2D eigenvalue weighted by Gasteiger charge is 2.18. The van der Waals surface area contributed by atoms with Crippen LogP contribution in [0.15, 0.2) is 82.7 Å². The van der Waals surface area contributed by atoms with E-state index in [4.69, 9.17) is 0 Å². The lowest BCUT2D eigenvalue weighted by atomic mass is 10.3. The number of allylic oxidation sites excluding steroid dienone is 1. The van der Waals surface area contributed by atoms with Crippen molar-refractivity contribution in [2.45, 2.75) is 4.90 Å². The molecule has 0 radical (unpaired) electrons. The summed E-state index contributed by atoms with van der Waals surface area (Å²) in [4.78, 5) is 11.2. The predicted molar refractivity (Wildman–Crippen MR) is 92.9 cm³/mol. The normalized spacial score (nSPS) is 12.2. The molecule has 2 rings (SSSR count). The summed E-state index contributed by atoms with van der Waals surface area (Å²) in [6, 6.07) is 13.2. The standard InChI is InChI=1S/C18H16FNO4S/c1-24-18(21)12-11-17(13-20-15-9-7-14(19)8-10-15)25(22,23)16-5-3-2-4-6-16/h2-13,20H,1H3. The van der Waals surface area contributed by atoms with Crippen LogP contribution >= 0.6 is 0 Å². The first-order valence-corrected chi connectivity index (χ1v) is 8.70. The van der Waals surface area contributed by atoms with E-state index in [9.17, 15) is 17.6 Å². The summed E-state index contributed by atoms with van der Waals surface area (Å²) in [5.41, 5.74) is 0.494. The molecule has 2 aromatic carbocycles. The first kappa shape index (κ1) is 18.4. The number of halogens is 1. The van der Waals surface area contributed by atoms with E-state index in [1.54, 1.807) is 18.2 Å². The zero-order valence-electron chi connectivity index (χ0n) is 13.3. The fraction of sp³-hybridized carbons (Fsp3) is 0.0556. The molecule has 2 aromatic rings. The quantitative estimate of drug-likeness (QED) is 0.486. The number of anilines is 1. The van der Waals surface area contributed by atoms with E-state index < -0.39 is 21.6 Å². The molecule has 0 saturated heterocycles. The van der Waals surface area contributed by atoms with Crippen LogP contribution in [0.2, 0.25) is 0 Å². The molecule has 1 N–H and O–H groups in total. The maximum atomic E-state index is 12.9.